The molecule has 0 heterocycles. The summed E-state index contributed by atoms with van der Waals surface area (Å²) in [4.78, 5) is 4.46. The van der Waals surface area contributed by atoms with Crippen molar-refractivity contribution < 1.29 is 5.11 Å². The van der Waals surface area contributed by atoms with Crippen LogP contribution in [0.2, 0.25) is 0 Å². The van der Waals surface area contributed by atoms with Gasteiger partial charge in [0.1, 0.15) is 5.75 Å². The monoisotopic (exact) mass is 311 g/mol. The third-order valence-electron chi connectivity index (χ3n) is 6.48. The Balaban J connectivity index is 1.74. The van der Waals surface area contributed by atoms with Crippen LogP contribution in [0.3, 0.4) is 0 Å². The molecule has 2 nitrogen and oxygen atoms in total. The number of rotatable bonds is 4. The number of benzene rings is 1. The minimum atomic E-state index is 0.248. The lowest BCUT2D eigenvalue weighted by Crippen LogP contribution is -2.48. The van der Waals surface area contributed by atoms with Crippen molar-refractivity contribution in [2.75, 3.05) is 6.54 Å². The first-order chi connectivity index (χ1) is 11.1. The Labute approximate surface area is 140 Å². The molecular weight excluding hydrogens is 282 g/mol. The average molecular weight is 311 g/mol. The maximum absolute atomic E-state index is 11.0. The number of hydrogen-bond acceptors (Lipinski definition) is 2. The molecule has 4 bridgehead atoms. The van der Waals surface area contributed by atoms with Crippen LogP contribution in [0.25, 0.3) is 0 Å². The molecule has 2 heteroatoms. The Morgan fingerprint density at radius 3 is 2.30 bits per heavy atom. The first-order valence-electron chi connectivity index (χ1n) is 9.43. The lowest BCUT2D eigenvalue weighted by Gasteiger charge is -2.57. The van der Waals surface area contributed by atoms with Crippen molar-refractivity contribution >= 4 is 6.21 Å². The van der Waals surface area contributed by atoms with E-state index in [9.17, 15) is 5.11 Å². The van der Waals surface area contributed by atoms with Crippen molar-refractivity contribution in [1.82, 2.24) is 0 Å². The molecule has 0 spiro atoms. The van der Waals surface area contributed by atoms with Gasteiger partial charge in [-0.1, -0.05) is 13.0 Å². The number of hydrogen-bond donors (Lipinski definition) is 1. The molecule has 4 fully saturated rings. The van der Waals surface area contributed by atoms with E-state index < -0.39 is 0 Å². The minimum Gasteiger partial charge on any atom is -0.507 e. The Hall–Kier alpha value is -1.31. The average Bonchev–Trinajstić information content (AvgIpc) is 2.49. The number of phenols is 1. The molecule has 23 heavy (non-hydrogen) atoms. The van der Waals surface area contributed by atoms with E-state index in [0.717, 1.165) is 36.3 Å². The van der Waals surface area contributed by atoms with E-state index in [0.29, 0.717) is 5.75 Å². The van der Waals surface area contributed by atoms with E-state index in [2.05, 4.69) is 31.0 Å². The highest BCUT2D eigenvalue weighted by Gasteiger charge is 2.52. The predicted octanol–water partition coefficient (Wildman–Crippen LogP) is 5.00. The number of aromatic hydroxyl groups is 1. The molecule has 0 unspecified atom stereocenters. The quantitative estimate of drug-likeness (QED) is 0.780. The van der Waals surface area contributed by atoms with Crippen LogP contribution in [-0.4, -0.2) is 17.9 Å². The molecule has 0 saturated heterocycles. The summed E-state index contributed by atoms with van der Waals surface area (Å²) in [5, 5.41) is 11.0. The summed E-state index contributed by atoms with van der Waals surface area (Å²) in [5.74, 6) is 3.22. The zero-order valence-corrected chi connectivity index (χ0v) is 14.5. The summed E-state index contributed by atoms with van der Waals surface area (Å²) in [6.07, 6.45) is 11.1. The van der Waals surface area contributed by atoms with Gasteiger partial charge < -0.3 is 5.11 Å². The fraction of sp³-hybridized carbons (Fsp3) is 0.667. The van der Waals surface area contributed by atoms with Crippen molar-refractivity contribution in [3.05, 3.63) is 28.8 Å². The smallest absolute Gasteiger partial charge is 0.128 e. The topological polar surface area (TPSA) is 32.6 Å². The van der Waals surface area contributed by atoms with Crippen LogP contribution in [0.15, 0.2) is 17.1 Å². The second kappa shape index (κ2) is 5.65. The van der Waals surface area contributed by atoms with E-state index in [1.807, 2.05) is 6.21 Å². The third kappa shape index (κ3) is 2.60. The Bertz CT molecular complexity index is 596. The van der Waals surface area contributed by atoms with E-state index in [1.54, 1.807) is 0 Å². The van der Waals surface area contributed by atoms with Gasteiger partial charge in [0, 0.05) is 23.9 Å². The van der Waals surface area contributed by atoms with Gasteiger partial charge >= 0.3 is 0 Å². The van der Waals surface area contributed by atoms with Gasteiger partial charge in [-0.25, -0.2) is 0 Å². The molecule has 4 aliphatic carbocycles. The van der Waals surface area contributed by atoms with E-state index in [1.165, 1.54) is 49.7 Å². The van der Waals surface area contributed by atoms with Gasteiger partial charge in [0.05, 0.1) is 0 Å². The standard InChI is InChI=1S/C21H29NO/c1-3-4-22-13-18-5-14(2)6-19(20(18)23)21-10-15-7-16(11-21)9-17(8-15)12-21/h5-6,13,15-17,23H,3-4,7-12H2,1-2H3. The van der Waals surface area contributed by atoms with Crippen LogP contribution in [0.1, 0.15) is 68.6 Å². The number of aliphatic imine (C=N–C) groups is 1. The number of nitrogens with zero attached hydrogens (tertiary/aromatic N) is 1. The van der Waals surface area contributed by atoms with Gasteiger partial charge in [-0.05, 0) is 86.7 Å². The molecule has 5 rings (SSSR count). The second-order valence-corrected chi connectivity index (χ2v) is 8.48. The van der Waals surface area contributed by atoms with E-state index in [4.69, 9.17) is 0 Å². The molecule has 0 amide bonds. The van der Waals surface area contributed by atoms with Crippen LogP contribution >= 0.6 is 0 Å². The van der Waals surface area contributed by atoms with Crippen molar-refractivity contribution in [3.8, 4) is 5.75 Å². The first kappa shape index (κ1) is 15.2. The second-order valence-electron chi connectivity index (χ2n) is 8.48. The van der Waals surface area contributed by atoms with Gasteiger partial charge in [0.15, 0.2) is 0 Å². The van der Waals surface area contributed by atoms with Crippen molar-refractivity contribution in [1.29, 1.82) is 0 Å². The van der Waals surface area contributed by atoms with Crippen LogP contribution in [0.5, 0.6) is 5.75 Å². The molecule has 1 aromatic rings. The van der Waals surface area contributed by atoms with Gasteiger partial charge in [-0.3, -0.25) is 4.99 Å². The highest BCUT2D eigenvalue weighted by atomic mass is 16.3. The summed E-state index contributed by atoms with van der Waals surface area (Å²) in [7, 11) is 0. The SMILES string of the molecule is CCCN=Cc1cc(C)cc(C23CC4CC(CC(C4)C2)C3)c1O. The fourth-order valence-electron chi connectivity index (χ4n) is 6.04. The Morgan fingerprint density at radius 1 is 1.13 bits per heavy atom. The maximum Gasteiger partial charge on any atom is 0.128 e. The third-order valence-corrected chi connectivity index (χ3v) is 6.48. The van der Waals surface area contributed by atoms with E-state index >= 15 is 0 Å². The lowest BCUT2D eigenvalue weighted by atomic mass is 9.48. The zero-order valence-electron chi connectivity index (χ0n) is 14.5. The number of phenolic OH excluding ortho intramolecular Hbond substituents is 1. The van der Waals surface area contributed by atoms with Crippen LogP contribution in [0.4, 0.5) is 0 Å². The highest BCUT2D eigenvalue weighted by Crippen LogP contribution is 2.62. The molecule has 1 aromatic carbocycles. The zero-order chi connectivity index (χ0) is 16.0. The Morgan fingerprint density at radius 2 is 1.74 bits per heavy atom. The summed E-state index contributed by atoms with van der Waals surface area (Å²) < 4.78 is 0. The molecule has 124 valence electrons. The maximum atomic E-state index is 11.0. The van der Waals surface area contributed by atoms with Crippen molar-refractivity contribution in [3.63, 3.8) is 0 Å². The van der Waals surface area contributed by atoms with Crippen LogP contribution in [0, 0.1) is 24.7 Å². The first-order valence-corrected chi connectivity index (χ1v) is 9.43. The van der Waals surface area contributed by atoms with Gasteiger partial charge in [-0.15, -0.1) is 0 Å². The van der Waals surface area contributed by atoms with Crippen molar-refractivity contribution in [2.24, 2.45) is 22.7 Å². The van der Waals surface area contributed by atoms with Gasteiger partial charge in [0.25, 0.3) is 0 Å². The molecule has 0 aromatic heterocycles. The largest absolute Gasteiger partial charge is 0.507 e. The highest BCUT2D eigenvalue weighted by molar-refractivity contribution is 5.84. The summed E-state index contributed by atoms with van der Waals surface area (Å²) >= 11 is 0. The fourth-order valence-corrected chi connectivity index (χ4v) is 6.04. The summed E-state index contributed by atoms with van der Waals surface area (Å²) in [6.45, 7) is 5.12. The minimum absolute atomic E-state index is 0.248. The molecule has 4 saturated carbocycles. The molecular formula is C21H29NO. The molecule has 1 N–H and O–H groups in total. The van der Waals surface area contributed by atoms with E-state index in [-0.39, 0.29) is 5.41 Å². The molecule has 0 radical (unpaired) electrons. The molecule has 0 atom stereocenters. The Kier molecular flexibility index (Phi) is 3.74. The summed E-state index contributed by atoms with van der Waals surface area (Å²) in [6, 6.07) is 4.35. The van der Waals surface area contributed by atoms with Crippen molar-refractivity contribution in [2.45, 2.75) is 64.2 Å². The van der Waals surface area contributed by atoms with Gasteiger partial charge in [-0.2, -0.15) is 0 Å². The summed E-state index contributed by atoms with van der Waals surface area (Å²) in [5.41, 5.74) is 3.66. The molecule has 0 aliphatic heterocycles. The number of aryl methyl sites for hydroxylation is 1. The lowest BCUT2D eigenvalue weighted by molar-refractivity contribution is -0.00616. The van der Waals surface area contributed by atoms with Gasteiger partial charge in [0.2, 0.25) is 0 Å². The van der Waals surface area contributed by atoms with Crippen LogP contribution < -0.4 is 0 Å². The molecule has 4 aliphatic rings. The normalized spacial score (nSPS) is 35.3. The predicted molar refractivity (Wildman–Crippen MR) is 95.4 cm³/mol. The van der Waals surface area contributed by atoms with Crippen LogP contribution in [-0.2, 0) is 5.41 Å².